The van der Waals surface area contributed by atoms with Crippen molar-refractivity contribution in [1.82, 2.24) is 4.31 Å². The SMILES string of the molecule is C[C@H](C(=O)O)[C@H](c1ccc2c(c1)OC1(CC2)CCN(S(=O)(=O)c2cc(Cl)ccc2Cl)CC1)C1CC1. The molecule has 0 radical (unpaired) electrons. The largest absolute Gasteiger partial charge is 0.487 e. The van der Waals surface area contributed by atoms with Gasteiger partial charge in [-0.3, -0.25) is 4.79 Å². The van der Waals surface area contributed by atoms with Crippen LogP contribution in [0.5, 0.6) is 5.75 Å². The molecule has 5 rings (SSSR count). The molecule has 0 amide bonds. The Morgan fingerprint density at radius 3 is 2.49 bits per heavy atom. The van der Waals surface area contributed by atoms with E-state index in [1.54, 1.807) is 13.0 Å². The molecule has 2 aliphatic heterocycles. The van der Waals surface area contributed by atoms with E-state index >= 15 is 0 Å². The number of benzene rings is 2. The van der Waals surface area contributed by atoms with Crippen LogP contribution in [0.25, 0.3) is 0 Å². The number of aliphatic carboxylic acids is 1. The molecule has 1 saturated carbocycles. The molecule has 35 heavy (non-hydrogen) atoms. The minimum absolute atomic E-state index is 0.0197. The predicted molar refractivity (Wildman–Crippen MR) is 135 cm³/mol. The second-order valence-electron chi connectivity index (χ2n) is 10.1. The van der Waals surface area contributed by atoms with E-state index in [9.17, 15) is 18.3 Å². The molecule has 2 heterocycles. The summed E-state index contributed by atoms with van der Waals surface area (Å²) in [6.45, 7) is 2.46. The monoisotopic (exact) mass is 537 g/mol. The number of piperidine rings is 1. The van der Waals surface area contributed by atoms with Crippen LogP contribution in [-0.4, -0.2) is 42.5 Å². The molecule has 1 saturated heterocycles. The van der Waals surface area contributed by atoms with Gasteiger partial charge in [0.2, 0.25) is 10.0 Å². The number of aryl methyl sites for hydroxylation is 1. The molecule has 1 spiro atoms. The lowest BCUT2D eigenvalue weighted by Gasteiger charge is -2.44. The number of nitrogens with zero attached hydrogens (tertiary/aromatic N) is 1. The van der Waals surface area contributed by atoms with Gasteiger partial charge in [0.25, 0.3) is 0 Å². The van der Waals surface area contributed by atoms with Gasteiger partial charge >= 0.3 is 5.97 Å². The molecule has 3 aliphatic rings. The summed E-state index contributed by atoms with van der Waals surface area (Å²) in [4.78, 5) is 11.8. The molecule has 2 aromatic rings. The highest BCUT2D eigenvalue weighted by Crippen LogP contribution is 2.49. The zero-order chi connectivity index (χ0) is 25.0. The van der Waals surface area contributed by atoms with E-state index in [2.05, 4.69) is 12.1 Å². The zero-order valence-electron chi connectivity index (χ0n) is 19.5. The van der Waals surface area contributed by atoms with Gasteiger partial charge < -0.3 is 9.84 Å². The zero-order valence-corrected chi connectivity index (χ0v) is 21.9. The number of fused-ring (bicyclic) bond motifs is 1. The minimum atomic E-state index is -3.76. The van der Waals surface area contributed by atoms with Crippen LogP contribution in [-0.2, 0) is 21.2 Å². The van der Waals surface area contributed by atoms with Crippen molar-refractivity contribution in [3.8, 4) is 5.75 Å². The van der Waals surface area contributed by atoms with Crippen LogP contribution in [0, 0.1) is 11.8 Å². The van der Waals surface area contributed by atoms with Gasteiger partial charge in [-0.15, -0.1) is 0 Å². The van der Waals surface area contributed by atoms with Crippen molar-refractivity contribution in [2.24, 2.45) is 11.8 Å². The number of carboxylic acid groups (broad SMARTS) is 1. The van der Waals surface area contributed by atoms with E-state index in [4.69, 9.17) is 27.9 Å². The average Bonchev–Trinajstić information content (AvgIpc) is 3.66. The van der Waals surface area contributed by atoms with Crippen LogP contribution in [0.3, 0.4) is 0 Å². The first-order valence-corrected chi connectivity index (χ1v) is 14.3. The quantitative estimate of drug-likeness (QED) is 0.506. The Hall–Kier alpha value is -1.80. The lowest BCUT2D eigenvalue weighted by molar-refractivity contribution is -0.142. The number of sulfonamides is 1. The number of rotatable bonds is 6. The molecule has 2 fully saturated rings. The summed E-state index contributed by atoms with van der Waals surface area (Å²) in [7, 11) is -3.76. The van der Waals surface area contributed by atoms with Gasteiger partial charge in [-0.05, 0) is 72.9 Å². The molecule has 2 aromatic carbocycles. The van der Waals surface area contributed by atoms with Crippen LogP contribution in [0.2, 0.25) is 10.0 Å². The number of hydrogen-bond donors (Lipinski definition) is 1. The van der Waals surface area contributed by atoms with Crippen LogP contribution < -0.4 is 4.74 Å². The third-order valence-corrected chi connectivity index (χ3v) is 10.5. The van der Waals surface area contributed by atoms with Crippen molar-refractivity contribution < 1.29 is 23.1 Å². The van der Waals surface area contributed by atoms with Crippen molar-refractivity contribution >= 4 is 39.2 Å². The molecule has 188 valence electrons. The molecular formula is C26H29Cl2NO5S. The summed E-state index contributed by atoms with van der Waals surface area (Å²) < 4.78 is 34.5. The number of hydrogen-bond acceptors (Lipinski definition) is 4. The van der Waals surface area contributed by atoms with Crippen molar-refractivity contribution in [3.05, 3.63) is 57.6 Å². The molecular weight excluding hydrogens is 509 g/mol. The second kappa shape index (κ2) is 9.25. The summed E-state index contributed by atoms with van der Waals surface area (Å²) in [5.74, 6) is -0.0291. The number of carboxylic acids is 1. The third-order valence-electron chi connectivity index (χ3n) is 7.86. The highest BCUT2D eigenvalue weighted by atomic mass is 35.5. The Kier molecular flexibility index (Phi) is 6.58. The molecule has 1 N–H and O–H groups in total. The maximum atomic E-state index is 13.2. The standard InChI is InChI=1S/C26H29Cl2NO5S/c1-16(25(30)31)24(18-3-4-18)19-5-2-17-8-9-26(34-22(17)14-19)10-12-29(13-11-26)35(32,33)23-15-20(27)6-7-21(23)28/h2,5-7,14-16,18,24H,3-4,8-13H2,1H3,(H,30,31)/t16-,24-/m0/s1. The Morgan fingerprint density at radius 1 is 1.11 bits per heavy atom. The lowest BCUT2D eigenvalue weighted by atomic mass is 9.80. The Bertz CT molecular complexity index is 1250. The molecule has 0 unspecified atom stereocenters. The van der Waals surface area contributed by atoms with Gasteiger partial charge in [0.1, 0.15) is 16.2 Å². The van der Waals surface area contributed by atoms with Gasteiger partial charge in [0, 0.05) is 31.0 Å². The summed E-state index contributed by atoms with van der Waals surface area (Å²) in [5, 5.41) is 10.1. The van der Waals surface area contributed by atoms with Gasteiger partial charge in [0.15, 0.2) is 0 Å². The van der Waals surface area contributed by atoms with Crippen LogP contribution in [0.4, 0.5) is 0 Å². The smallest absolute Gasteiger partial charge is 0.306 e. The van der Waals surface area contributed by atoms with E-state index in [0.717, 1.165) is 42.6 Å². The average molecular weight is 538 g/mol. The summed E-state index contributed by atoms with van der Waals surface area (Å²) in [6, 6.07) is 10.6. The van der Waals surface area contributed by atoms with Gasteiger partial charge in [-0.25, -0.2) is 8.42 Å². The van der Waals surface area contributed by atoms with E-state index < -0.39 is 27.5 Å². The second-order valence-corrected chi connectivity index (χ2v) is 12.9. The highest BCUT2D eigenvalue weighted by Gasteiger charge is 2.44. The first kappa shape index (κ1) is 24.9. The van der Waals surface area contributed by atoms with Crippen LogP contribution in [0.1, 0.15) is 56.1 Å². The first-order valence-electron chi connectivity index (χ1n) is 12.1. The van der Waals surface area contributed by atoms with Crippen molar-refractivity contribution in [2.45, 2.75) is 61.9 Å². The Balaban J connectivity index is 1.34. The minimum Gasteiger partial charge on any atom is -0.487 e. The first-order chi connectivity index (χ1) is 16.6. The molecule has 0 bridgehead atoms. The van der Waals surface area contributed by atoms with Crippen molar-refractivity contribution in [2.75, 3.05) is 13.1 Å². The third kappa shape index (κ3) is 4.80. The number of carbonyl (C=O) groups is 1. The normalized spacial score (nSPS) is 21.7. The fourth-order valence-electron chi connectivity index (χ4n) is 5.60. The Labute approximate surface area is 216 Å². The number of halogens is 2. The maximum absolute atomic E-state index is 13.2. The fraction of sp³-hybridized carbons (Fsp3) is 0.500. The maximum Gasteiger partial charge on any atom is 0.306 e. The van der Waals surface area contributed by atoms with E-state index in [0.29, 0.717) is 36.9 Å². The van der Waals surface area contributed by atoms with E-state index in [1.807, 2.05) is 6.07 Å². The lowest BCUT2D eigenvalue weighted by Crippen LogP contribution is -2.51. The fourth-order valence-corrected chi connectivity index (χ4v) is 7.78. The van der Waals surface area contributed by atoms with Gasteiger partial charge in [0.05, 0.1) is 10.9 Å². The molecule has 9 heteroatoms. The van der Waals surface area contributed by atoms with Gasteiger partial charge in [-0.2, -0.15) is 4.31 Å². The van der Waals surface area contributed by atoms with Crippen LogP contribution in [0.15, 0.2) is 41.3 Å². The van der Waals surface area contributed by atoms with E-state index in [-0.39, 0.29) is 15.8 Å². The van der Waals surface area contributed by atoms with Crippen molar-refractivity contribution in [3.63, 3.8) is 0 Å². The molecule has 1 aliphatic carbocycles. The van der Waals surface area contributed by atoms with E-state index in [1.165, 1.54) is 16.4 Å². The Morgan fingerprint density at radius 2 is 1.83 bits per heavy atom. The highest BCUT2D eigenvalue weighted by molar-refractivity contribution is 7.89. The molecule has 2 atom stereocenters. The predicted octanol–water partition coefficient (Wildman–Crippen LogP) is 5.76. The van der Waals surface area contributed by atoms with Gasteiger partial charge in [-0.1, -0.05) is 42.3 Å². The summed E-state index contributed by atoms with van der Waals surface area (Å²) in [5.41, 5.74) is 1.72. The summed E-state index contributed by atoms with van der Waals surface area (Å²) >= 11 is 12.2. The molecule has 6 nitrogen and oxygen atoms in total. The molecule has 0 aromatic heterocycles. The summed E-state index contributed by atoms with van der Waals surface area (Å²) in [6.07, 6.45) is 4.95. The number of ether oxygens (including phenoxy) is 1. The topological polar surface area (TPSA) is 83.9 Å². The van der Waals surface area contributed by atoms with Crippen molar-refractivity contribution in [1.29, 1.82) is 0 Å². The van der Waals surface area contributed by atoms with Crippen LogP contribution >= 0.6 is 23.2 Å².